The summed E-state index contributed by atoms with van der Waals surface area (Å²) in [5.41, 5.74) is 6.50. The number of thiophene rings is 1. The molecule has 1 aliphatic carbocycles. The molecule has 0 bridgehead atoms. The van der Waals surface area contributed by atoms with Crippen LogP contribution in [0.2, 0.25) is 0 Å². The van der Waals surface area contributed by atoms with Crippen LogP contribution in [0, 0.1) is 0 Å². The maximum absolute atomic E-state index is 12.7. The molecule has 2 N–H and O–H groups in total. The molecule has 28 heavy (non-hydrogen) atoms. The summed E-state index contributed by atoms with van der Waals surface area (Å²) in [6, 6.07) is 6.83. The average molecular weight is 396 g/mol. The van der Waals surface area contributed by atoms with E-state index in [1.165, 1.54) is 9.56 Å². The third kappa shape index (κ3) is 3.20. The van der Waals surface area contributed by atoms with Crippen molar-refractivity contribution in [3.63, 3.8) is 0 Å². The summed E-state index contributed by atoms with van der Waals surface area (Å²) in [6.45, 7) is 2.13. The molecule has 0 fully saturated rings. The first-order valence-electron chi connectivity index (χ1n) is 9.30. The monoisotopic (exact) mass is 396 g/mol. The van der Waals surface area contributed by atoms with Gasteiger partial charge in [0.2, 0.25) is 0 Å². The van der Waals surface area contributed by atoms with Crippen molar-refractivity contribution in [2.45, 2.75) is 39.2 Å². The molecule has 3 aromatic rings. The van der Waals surface area contributed by atoms with E-state index in [2.05, 4.69) is 16.0 Å². The molecule has 2 heterocycles. The van der Waals surface area contributed by atoms with Gasteiger partial charge in [0.25, 0.3) is 17.4 Å². The maximum Gasteiger partial charge on any atom is 0.290 e. The van der Waals surface area contributed by atoms with Crippen molar-refractivity contribution >= 4 is 33.9 Å². The van der Waals surface area contributed by atoms with Gasteiger partial charge in [-0.1, -0.05) is 18.2 Å². The smallest absolute Gasteiger partial charge is 0.267 e. The Bertz CT molecular complexity index is 1130. The Labute approximate surface area is 165 Å². The van der Waals surface area contributed by atoms with Crippen LogP contribution >= 0.6 is 11.3 Å². The van der Waals surface area contributed by atoms with Crippen molar-refractivity contribution in [1.29, 1.82) is 0 Å². The maximum atomic E-state index is 12.7. The number of aryl methyl sites for hydroxylation is 2. The fourth-order valence-corrected chi connectivity index (χ4v) is 4.67. The molecule has 0 aliphatic heterocycles. The molecule has 0 radical (unpaired) electrons. The normalized spacial score (nSPS) is 13.2. The van der Waals surface area contributed by atoms with Crippen LogP contribution in [0.15, 0.2) is 34.4 Å². The van der Waals surface area contributed by atoms with Gasteiger partial charge in [0.05, 0.1) is 10.9 Å². The minimum atomic E-state index is -0.559. The summed E-state index contributed by atoms with van der Waals surface area (Å²) in [6.07, 6.45) is 4.12. The van der Waals surface area contributed by atoms with Gasteiger partial charge in [-0.2, -0.15) is 5.10 Å². The number of carbonyl (C=O) groups is 2. The van der Waals surface area contributed by atoms with Gasteiger partial charge in [-0.25, -0.2) is 4.68 Å². The first-order chi connectivity index (χ1) is 13.6. The van der Waals surface area contributed by atoms with Crippen LogP contribution < -0.4 is 16.4 Å². The summed E-state index contributed by atoms with van der Waals surface area (Å²) in [4.78, 5) is 38.9. The molecular weight excluding hydrogens is 376 g/mol. The Morgan fingerprint density at radius 3 is 2.61 bits per heavy atom. The van der Waals surface area contributed by atoms with Crippen molar-refractivity contribution in [2.24, 2.45) is 0 Å². The van der Waals surface area contributed by atoms with Crippen LogP contribution in [0.25, 0.3) is 10.8 Å². The van der Waals surface area contributed by atoms with Crippen molar-refractivity contribution in [2.75, 3.05) is 0 Å². The number of rotatable bonds is 3. The quantitative estimate of drug-likeness (QED) is 0.665. The van der Waals surface area contributed by atoms with Crippen LogP contribution in [0.4, 0.5) is 0 Å². The van der Waals surface area contributed by atoms with Crippen molar-refractivity contribution in [3.05, 3.63) is 61.7 Å². The van der Waals surface area contributed by atoms with Crippen molar-refractivity contribution in [1.82, 2.24) is 20.6 Å². The SMILES string of the molecule is CCn1nc(C(=O)NNC(=O)c2csc3c2CCCC3)c2ccccc2c1=O. The number of aromatic nitrogens is 2. The van der Waals surface area contributed by atoms with E-state index >= 15 is 0 Å². The zero-order chi connectivity index (χ0) is 19.7. The molecule has 2 amide bonds. The first kappa shape index (κ1) is 18.4. The number of carbonyl (C=O) groups excluding carboxylic acids is 2. The van der Waals surface area contributed by atoms with Gasteiger partial charge < -0.3 is 0 Å². The van der Waals surface area contributed by atoms with E-state index in [1.54, 1.807) is 42.5 Å². The highest BCUT2D eigenvalue weighted by Crippen LogP contribution is 2.30. The molecule has 7 nitrogen and oxygen atoms in total. The van der Waals surface area contributed by atoms with Gasteiger partial charge in [0.1, 0.15) is 0 Å². The number of amides is 2. The van der Waals surface area contributed by atoms with Crippen LogP contribution in [0.5, 0.6) is 0 Å². The molecule has 8 heteroatoms. The largest absolute Gasteiger partial charge is 0.290 e. The second kappa shape index (κ2) is 7.55. The van der Waals surface area contributed by atoms with E-state index in [-0.39, 0.29) is 17.2 Å². The fraction of sp³-hybridized carbons (Fsp3) is 0.300. The summed E-state index contributed by atoms with van der Waals surface area (Å²) in [7, 11) is 0. The summed E-state index contributed by atoms with van der Waals surface area (Å²) < 4.78 is 1.24. The minimum absolute atomic E-state index is 0.102. The van der Waals surface area contributed by atoms with E-state index in [1.807, 2.05) is 5.38 Å². The van der Waals surface area contributed by atoms with Gasteiger partial charge in [0.15, 0.2) is 5.69 Å². The van der Waals surface area contributed by atoms with Gasteiger partial charge in [-0.15, -0.1) is 11.3 Å². The number of fused-ring (bicyclic) bond motifs is 2. The van der Waals surface area contributed by atoms with E-state index in [9.17, 15) is 14.4 Å². The number of hydrazine groups is 1. The lowest BCUT2D eigenvalue weighted by Gasteiger charge is -2.13. The third-order valence-electron chi connectivity index (χ3n) is 4.98. The predicted octanol–water partition coefficient (Wildman–Crippen LogP) is 2.43. The van der Waals surface area contributed by atoms with Gasteiger partial charge in [0, 0.05) is 22.2 Å². The van der Waals surface area contributed by atoms with Crippen LogP contribution in [-0.2, 0) is 19.4 Å². The lowest BCUT2D eigenvalue weighted by Crippen LogP contribution is -2.43. The van der Waals surface area contributed by atoms with Crippen LogP contribution in [0.3, 0.4) is 0 Å². The minimum Gasteiger partial charge on any atom is -0.267 e. The molecule has 0 saturated heterocycles. The second-order valence-electron chi connectivity index (χ2n) is 6.68. The molecule has 4 rings (SSSR count). The van der Waals surface area contributed by atoms with Crippen LogP contribution in [-0.4, -0.2) is 21.6 Å². The molecule has 0 unspecified atom stereocenters. The fourth-order valence-electron chi connectivity index (χ4n) is 3.54. The zero-order valence-corrected chi connectivity index (χ0v) is 16.3. The highest BCUT2D eigenvalue weighted by Gasteiger charge is 2.21. The number of hydrogen-bond donors (Lipinski definition) is 2. The van der Waals surface area contributed by atoms with Crippen LogP contribution in [0.1, 0.15) is 51.1 Å². The molecule has 0 atom stereocenters. The highest BCUT2D eigenvalue weighted by atomic mass is 32.1. The first-order valence-corrected chi connectivity index (χ1v) is 10.2. The Morgan fingerprint density at radius 2 is 1.82 bits per heavy atom. The Morgan fingerprint density at radius 1 is 1.11 bits per heavy atom. The number of benzene rings is 1. The van der Waals surface area contributed by atoms with E-state index < -0.39 is 5.91 Å². The molecule has 2 aromatic heterocycles. The lowest BCUT2D eigenvalue weighted by molar-refractivity contribution is 0.0843. The van der Waals surface area contributed by atoms with Gasteiger partial charge in [-0.05, 0) is 44.2 Å². The second-order valence-corrected chi connectivity index (χ2v) is 7.65. The third-order valence-corrected chi connectivity index (χ3v) is 6.07. The van der Waals surface area contributed by atoms with Crippen molar-refractivity contribution < 1.29 is 9.59 Å². The zero-order valence-electron chi connectivity index (χ0n) is 15.4. The van der Waals surface area contributed by atoms with Gasteiger partial charge >= 0.3 is 0 Å². The summed E-state index contributed by atoms with van der Waals surface area (Å²) in [5.74, 6) is -0.892. The molecule has 1 aliphatic rings. The Kier molecular flexibility index (Phi) is 4.95. The summed E-state index contributed by atoms with van der Waals surface area (Å²) >= 11 is 1.60. The summed E-state index contributed by atoms with van der Waals surface area (Å²) in [5, 5.41) is 6.90. The molecule has 1 aromatic carbocycles. The van der Waals surface area contributed by atoms with E-state index in [4.69, 9.17) is 0 Å². The standard InChI is InChI=1S/C20H20N4O3S/c1-2-24-20(27)14-9-4-3-8-13(14)17(23-24)19(26)22-21-18(25)15-11-28-16-10-6-5-7-12(15)16/h3-4,8-9,11H,2,5-7,10H2,1H3,(H,21,25)(H,22,26). The Balaban J connectivity index is 1.58. The molecular formula is C20H20N4O3S. The van der Waals surface area contributed by atoms with Gasteiger partial charge in [-0.3, -0.25) is 25.2 Å². The lowest BCUT2D eigenvalue weighted by atomic mass is 9.96. The number of nitrogens with one attached hydrogen (secondary N) is 2. The van der Waals surface area contributed by atoms with Crippen molar-refractivity contribution in [3.8, 4) is 0 Å². The number of nitrogens with zero attached hydrogens (tertiary/aromatic N) is 2. The number of hydrogen-bond acceptors (Lipinski definition) is 5. The Hall–Kier alpha value is -3.00. The molecule has 0 spiro atoms. The topological polar surface area (TPSA) is 93.1 Å². The van der Waals surface area contributed by atoms with E-state index in [0.29, 0.717) is 22.9 Å². The average Bonchev–Trinajstić information content (AvgIpc) is 3.16. The molecule has 144 valence electrons. The molecule has 0 saturated carbocycles. The predicted molar refractivity (Wildman–Crippen MR) is 108 cm³/mol. The highest BCUT2D eigenvalue weighted by molar-refractivity contribution is 7.10. The van der Waals surface area contributed by atoms with E-state index in [0.717, 1.165) is 31.2 Å².